The summed E-state index contributed by atoms with van der Waals surface area (Å²) < 4.78 is 25.0. The summed E-state index contributed by atoms with van der Waals surface area (Å²) in [6, 6.07) is 11.1. The number of hydrogen-bond acceptors (Lipinski definition) is 4. The van der Waals surface area contributed by atoms with Crippen LogP contribution in [-0.4, -0.2) is 31.2 Å². The van der Waals surface area contributed by atoms with E-state index in [2.05, 4.69) is 19.9 Å². The lowest BCUT2D eigenvalue weighted by Gasteiger charge is -2.40. The number of fused-ring (bicyclic) bond motifs is 1. The van der Waals surface area contributed by atoms with E-state index in [0.717, 1.165) is 66.0 Å². The van der Waals surface area contributed by atoms with Crippen LogP contribution in [-0.2, 0) is 0 Å². The molecule has 0 saturated carbocycles. The fourth-order valence-electron chi connectivity index (χ4n) is 4.71. The quantitative estimate of drug-likeness (QED) is 0.459. The maximum Gasteiger partial charge on any atom is 0.165 e. The van der Waals surface area contributed by atoms with Gasteiger partial charge in [-0.15, -0.1) is 11.8 Å². The number of aliphatic hydroxyl groups is 1. The number of methoxy groups -OCH3 is 2. The van der Waals surface area contributed by atoms with Crippen molar-refractivity contribution < 1.29 is 19.0 Å². The highest BCUT2D eigenvalue weighted by atomic mass is 32.2. The Morgan fingerprint density at radius 3 is 2.35 bits per heavy atom. The normalized spacial score (nSPS) is 20.1. The van der Waals surface area contributed by atoms with E-state index in [1.165, 1.54) is 13.2 Å². The molecule has 0 fully saturated rings. The summed E-state index contributed by atoms with van der Waals surface area (Å²) in [5, 5.41) is 12.0. The Bertz CT molecular complexity index is 862. The standard InChI is InChI=1S/C26H35FO3S/c1-5-7-13-26(14-8-6-2)17-31-23-12-10-19(29-3)16-20(23)24(25(26)28)18-9-11-21(27)22(15-18)30-4/h9-12,15-16,24-25,28H,5-8,13-14,17H2,1-4H3/t24-,25-/m1/s1. The van der Waals surface area contributed by atoms with Crippen LogP contribution in [0.1, 0.15) is 69.4 Å². The summed E-state index contributed by atoms with van der Waals surface area (Å²) in [5.74, 6) is 1.18. The third-order valence-electron chi connectivity index (χ3n) is 6.60. The fourth-order valence-corrected chi connectivity index (χ4v) is 6.13. The first kappa shape index (κ1) is 23.9. The summed E-state index contributed by atoms with van der Waals surface area (Å²) >= 11 is 1.83. The van der Waals surface area contributed by atoms with E-state index in [4.69, 9.17) is 9.47 Å². The molecule has 3 rings (SSSR count). The average molecular weight is 447 g/mol. The largest absolute Gasteiger partial charge is 0.497 e. The molecule has 0 radical (unpaired) electrons. The number of thioether (sulfide) groups is 1. The Balaban J connectivity index is 2.17. The van der Waals surface area contributed by atoms with Gasteiger partial charge in [0.05, 0.1) is 20.3 Å². The lowest BCUT2D eigenvalue weighted by Crippen LogP contribution is -2.41. The molecule has 1 heterocycles. The fraction of sp³-hybridized carbons (Fsp3) is 0.538. The van der Waals surface area contributed by atoms with Gasteiger partial charge < -0.3 is 14.6 Å². The first-order chi connectivity index (χ1) is 15.0. The molecule has 170 valence electrons. The monoisotopic (exact) mass is 446 g/mol. The molecule has 0 unspecified atom stereocenters. The van der Waals surface area contributed by atoms with Crippen molar-refractivity contribution in [2.75, 3.05) is 20.0 Å². The van der Waals surface area contributed by atoms with Crippen LogP contribution >= 0.6 is 11.8 Å². The molecule has 2 aromatic rings. The maximum atomic E-state index is 14.2. The number of ether oxygens (including phenoxy) is 2. The molecular weight excluding hydrogens is 411 g/mol. The zero-order chi connectivity index (χ0) is 22.4. The highest BCUT2D eigenvalue weighted by molar-refractivity contribution is 7.99. The minimum Gasteiger partial charge on any atom is -0.497 e. The van der Waals surface area contributed by atoms with Gasteiger partial charge in [-0.2, -0.15) is 0 Å². The average Bonchev–Trinajstić information content (AvgIpc) is 2.91. The SMILES string of the molecule is CCCCC1(CCCC)CSc2ccc(OC)cc2[C@@H](c2ccc(F)c(OC)c2)[C@H]1O. The van der Waals surface area contributed by atoms with Gasteiger partial charge in [-0.05, 0) is 54.3 Å². The van der Waals surface area contributed by atoms with Crippen LogP contribution in [0.25, 0.3) is 0 Å². The number of hydrogen-bond donors (Lipinski definition) is 1. The topological polar surface area (TPSA) is 38.7 Å². The Morgan fingerprint density at radius 1 is 1.03 bits per heavy atom. The van der Waals surface area contributed by atoms with Crippen LogP contribution in [0.2, 0.25) is 0 Å². The van der Waals surface area contributed by atoms with Crippen molar-refractivity contribution in [2.24, 2.45) is 5.41 Å². The van der Waals surface area contributed by atoms with Crippen LogP contribution in [0.4, 0.5) is 4.39 Å². The number of unbranched alkanes of at least 4 members (excludes halogenated alkanes) is 2. The predicted molar refractivity (Wildman–Crippen MR) is 126 cm³/mol. The summed E-state index contributed by atoms with van der Waals surface area (Å²) in [6.07, 6.45) is 5.75. The van der Waals surface area contributed by atoms with Crippen molar-refractivity contribution in [1.29, 1.82) is 0 Å². The molecule has 0 aliphatic carbocycles. The molecule has 1 aliphatic heterocycles. The smallest absolute Gasteiger partial charge is 0.165 e. The van der Waals surface area contributed by atoms with E-state index < -0.39 is 11.9 Å². The third kappa shape index (κ3) is 5.04. The van der Waals surface area contributed by atoms with Gasteiger partial charge in [0.2, 0.25) is 0 Å². The lowest BCUT2D eigenvalue weighted by molar-refractivity contribution is 0.0134. The van der Waals surface area contributed by atoms with Crippen LogP contribution in [0, 0.1) is 11.2 Å². The van der Waals surface area contributed by atoms with E-state index in [0.29, 0.717) is 0 Å². The van der Waals surface area contributed by atoms with Gasteiger partial charge in [-0.25, -0.2) is 4.39 Å². The van der Waals surface area contributed by atoms with Gasteiger partial charge >= 0.3 is 0 Å². The van der Waals surface area contributed by atoms with E-state index in [1.54, 1.807) is 19.2 Å². The third-order valence-corrected chi connectivity index (χ3v) is 8.00. The van der Waals surface area contributed by atoms with E-state index in [1.807, 2.05) is 23.9 Å². The first-order valence-corrected chi connectivity index (χ1v) is 12.3. The number of aliphatic hydroxyl groups excluding tert-OH is 1. The van der Waals surface area contributed by atoms with Gasteiger partial charge in [-0.3, -0.25) is 0 Å². The molecule has 0 amide bonds. The molecule has 1 aliphatic rings. The molecule has 31 heavy (non-hydrogen) atoms. The van der Waals surface area contributed by atoms with Gasteiger partial charge in [0.25, 0.3) is 0 Å². The number of halogens is 1. The highest BCUT2D eigenvalue weighted by Gasteiger charge is 2.45. The number of benzene rings is 2. The maximum absolute atomic E-state index is 14.2. The Labute approximate surface area is 190 Å². The lowest BCUT2D eigenvalue weighted by atomic mass is 9.68. The Kier molecular flexibility index (Phi) is 8.29. The predicted octanol–water partition coefficient (Wildman–Crippen LogP) is 6.81. The van der Waals surface area contributed by atoms with Crippen molar-refractivity contribution in [2.45, 2.75) is 69.3 Å². The van der Waals surface area contributed by atoms with Crippen molar-refractivity contribution in [3.63, 3.8) is 0 Å². The molecule has 3 nitrogen and oxygen atoms in total. The molecule has 1 N–H and O–H groups in total. The van der Waals surface area contributed by atoms with E-state index in [9.17, 15) is 9.50 Å². The second-order valence-corrected chi connectivity index (χ2v) is 9.60. The second-order valence-electron chi connectivity index (χ2n) is 8.58. The summed E-state index contributed by atoms with van der Waals surface area (Å²) in [7, 11) is 3.13. The summed E-state index contributed by atoms with van der Waals surface area (Å²) in [6.45, 7) is 4.40. The molecule has 0 spiro atoms. The molecule has 2 atom stereocenters. The van der Waals surface area contributed by atoms with E-state index in [-0.39, 0.29) is 17.1 Å². The Morgan fingerprint density at radius 2 is 1.74 bits per heavy atom. The highest BCUT2D eigenvalue weighted by Crippen LogP contribution is 2.52. The van der Waals surface area contributed by atoms with Crippen LogP contribution in [0.3, 0.4) is 0 Å². The van der Waals surface area contributed by atoms with Crippen molar-refractivity contribution in [3.8, 4) is 11.5 Å². The second kappa shape index (κ2) is 10.7. The van der Waals surface area contributed by atoms with Gasteiger partial charge in [0.15, 0.2) is 11.6 Å². The van der Waals surface area contributed by atoms with Gasteiger partial charge in [0.1, 0.15) is 5.75 Å². The molecule has 0 bridgehead atoms. The van der Waals surface area contributed by atoms with Gasteiger partial charge in [0, 0.05) is 22.0 Å². The minimum atomic E-state index is -0.582. The van der Waals surface area contributed by atoms with Crippen LogP contribution in [0.5, 0.6) is 11.5 Å². The molecular formula is C26H35FO3S. The van der Waals surface area contributed by atoms with Crippen molar-refractivity contribution in [1.82, 2.24) is 0 Å². The zero-order valence-corrected chi connectivity index (χ0v) is 19.9. The van der Waals surface area contributed by atoms with Gasteiger partial charge in [-0.1, -0.05) is 45.6 Å². The minimum absolute atomic E-state index is 0.199. The van der Waals surface area contributed by atoms with Crippen molar-refractivity contribution in [3.05, 3.63) is 53.3 Å². The van der Waals surface area contributed by atoms with E-state index >= 15 is 0 Å². The van der Waals surface area contributed by atoms with Crippen molar-refractivity contribution >= 4 is 11.8 Å². The van der Waals surface area contributed by atoms with Crippen LogP contribution < -0.4 is 9.47 Å². The number of rotatable bonds is 9. The molecule has 0 aromatic heterocycles. The zero-order valence-electron chi connectivity index (χ0n) is 19.1. The summed E-state index contributed by atoms with van der Waals surface area (Å²) in [5.41, 5.74) is 1.72. The summed E-state index contributed by atoms with van der Waals surface area (Å²) in [4.78, 5) is 1.16. The molecule has 2 aromatic carbocycles. The van der Waals surface area contributed by atoms with Crippen LogP contribution in [0.15, 0.2) is 41.3 Å². The first-order valence-electron chi connectivity index (χ1n) is 11.3. The molecule has 5 heteroatoms. The Hall–Kier alpha value is -1.72. The molecule has 0 saturated heterocycles.